The molecule has 2 rings (SSSR count). The third kappa shape index (κ3) is 4.07. The number of nitrogens with two attached hydrogens (primary N) is 1. The number of benzene rings is 1. The lowest BCUT2D eigenvalue weighted by Crippen LogP contribution is -2.91. The maximum atomic E-state index is 12.9. The standard InChI is InChI=1S/C20H25BrN2O3/c1-10-18(14(5)24)12(3)23-19(10)20(25)13(4)22-11(2)15-7-8-17(26-6)16(21)9-15/h7-9,11,13,22-23H,1-6H3/p+1/t11-,13-/m1/s1. The minimum atomic E-state index is -0.276. The first kappa shape index (κ1) is 20.4. The van der Waals surface area contributed by atoms with Crippen molar-refractivity contribution >= 4 is 27.5 Å². The summed E-state index contributed by atoms with van der Waals surface area (Å²) in [4.78, 5) is 27.8. The molecule has 1 aromatic heterocycles. The van der Waals surface area contributed by atoms with Crippen molar-refractivity contribution < 1.29 is 19.6 Å². The predicted octanol–water partition coefficient (Wildman–Crippen LogP) is 3.50. The van der Waals surface area contributed by atoms with E-state index in [4.69, 9.17) is 4.74 Å². The number of H-pyrrole nitrogens is 1. The van der Waals surface area contributed by atoms with Gasteiger partial charge in [0.2, 0.25) is 5.78 Å². The molecule has 0 fully saturated rings. The fraction of sp³-hybridized carbons (Fsp3) is 0.400. The summed E-state index contributed by atoms with van der Waals surface area (Å²) in [5.41, 5.74) is 3.73. The van der Waals surface area contributed by atoms with E-state index >= 15 is 0 Å². The van der Waals surface area contributed by atoms with Gasteiger partial charge in [-0.3, -0.25) is 9.59 Å². The highest BCUT2D eigenvalue weighted by atomic mass is 79.9. The van der Waals surface area contributed by atoms with E-state index in [1.165, 1.54) is 6.92 Å². The summed E-state index contributed by atoms with van der Waals surface area (Å²) in [6.45, 7) is 9.12. The van der Waals surface area contributed by atoms with Crippen molar-refractivity contribution in [3.05, 3.63) is 50.8 Å². The highest BCUT2D eigenvalue weighted by Gasteiger charge is 2.27. The molecule has 0 bridgehead atoms. The highest BCUT2D eigenvalue weighted by Crippen LogP contribution is 2.27. The molecule has 6 heteroatoms. The fourth-order valence-corrected chi connectivity index (χ4v) is 3.91. The van der Waals surface area contributed by atoms with Gasteiger partial charge in [0.05, 0.1) is 17.3 Å². The first-order valence-electron chi connectivity index (χ1n) is 8.60. The summed E-state index contributed by atoms with van der Waals surface area (Å²) in [6, 6.07) is 5.74. The number of carbonyl (C=O) groups is 2. The number of aryl methyl sites for hydroxylation is 1. The summed E-state index contributed by atoms with van der Waals surface area (Å²) in [5.74, 6) is 0.750. The number of halogens is 1. The van der Waals surface area contributed by atoms with E-state index in [9.17, 15) is 9.59 Å². The van der Waals surface area contributed by atoms with Gasteiger partial charge in [0.1, 0.15) is 17.8 Å². The van der Waals surface area contributed by atoms with E-state index in [-0.39, 0.29) is 23.7 Å². The van der Waals surface area contributed by atoms with Gasteiger partial charge in [-0.15, -0.1) is 0 Å². The van der Waals surface area contributed by atoms with Gasteiger partial charge in [0, 0.05) is 16.8 Å². The zero-order chi connectivity index (χ0) is 19.6. The van der Waals surface area contributed by atoms with Gasteiger partial charge in [-0.2, -0.15) is 0 Å². The van der Waals surface area contributed by atoms with Crippen LogP contribution in [0.1, 0.15) is 64.5 Å². The Morgan fingerprint density at radius 2 is 1.88 bits per heavy atom. The minimum Gasteiger partial charge on any atom is -0.496 e. The van der Waals surface area contributed by atoms with Crippen LogP contribution in [0.5, 0.6) is 5.75 Å². The third-order valence-electron chi connectivity index (χ3n) is 4.73. The number of nitrogens with one attached hydrogen (secondary N) is 1. The number of hydrogen-bond donors (Lipinski definition) is 2. The molecule has 0 unspecified atom stereocenters. The molecule has 1 aromatic carbocycles. The molecule has 1 heterocycles. The van der Waals surface area contributed by atoms with Crippen LogP contribution in [-0.2, 0) is 0 Å². The number of aromatic nitrogens is 1. The van der Waals surface area contributed by atoms with Gasteiger partial charge < -0.3 is 15.0 Å². The molecule has 0 amide bonds. The molecule has 0 radical (unpaired) electrons. The summed E-state index contributed by atoms with van der Waals surface area (Å²) in [6.07, 6.45) is 0. The Kier molecular flexibility index (Phi) is 6.42. The lowest BCUT2D eigenvalue weighted by molar-refractivity contribution is -0.709. The van der Waals surface area contributed by atoms with E-state index in [1.807, 2.05) is 44.3 Å². The molecule has 2 atom stereocenters. The van der Waals surface area contributed by atoms with Crippen LogP contribution >= 0.6 is 15.9 Å². The molecule has 2 aromatic rings. The summed E-state index contributed by atoms with van der Waals surface area (Å²) in [7, 11) is 1.63. The van der Waals surface area contributed by atoms with Crippen LogP contribution in [-0.4, -0.2) is 29.7 Å². The molecule has 0 spiro atoms. The molecule has 0 aliphatic heterocycles. The number of quaternary nitrogens is 1. The average molecular weight is 422 g/mol. The number of Topliss-reactive ketones (excluding diaryl/α,β-unsaturated/α-hetero) is 2. The number of carbonyl (C=O) groups excluding carboxylic acids is 2. The van der Waals surface area contributed by atoms with Gasteiger partial charge in [-0.1, -0.05) is 0 Å². The maximum absolute atomic E-state index is 12.9. The first-order valence-corrected chi connectivity index (χ1v) is 9.39. The topological polar surface area (TPSA) is 75.8 Å². The van der Waals surface area contributed by atoms with Gasteiger partial charge >= 0.3 is 0 Å². The molecule has 0 aliphatic rings. The SMILES string of the molecule is COc1ccc([C@@H](C)[NH2+][C@H](C)C(=O)c2[nH]c(C)c(C(C)=O)c2C)cc1Br. The second kappa shape index (κ2) is 8.18. The van der Waals surface area contributed by atoms with Crippen molar-refractivity contribution in [2.24, 2.45) is 0 Å². The Labute approximate surface area is 162 Å². The number of methoxy groups -OCH3 is 1. The quantitative estimate of drug-likeness (QED) is 0.671. The zero-order valence-corrected chi connectivity index (χ0v) is 17.7. The van der Waals surface area contributed by atoms with Crippen LogP contribution in [0.4, 0.5) is 0 Å². The minimum absolute atomic E-state index is 0.00229. The summed E-state index contributed by atoms with van der Waals surface area (Å²) in [5, 5.41) is 2.03. The number of ether oxygens (including phenoxy) is 1. The lowest BCUT2D eigenvalue weighted by atomic mass is 10.0. The van der Waals surface area contributed by atoms with Crippen molar-refractivity contribution in [3.63, 3.8) is 0 Å². The van der Waals surface area contributed by atoms with Crippen LogP contribution in [0.15, 0.2) is 22.7 Å². The molecule has 3 N–H and O–H groups in total. The largest absolute Gasteiger partial charge is 0.496 e. The number of ketones is 2. The molecular weight excluding hydrogens is 396 g/mol. The monoisotopic (exact) mass is 421 g/mol. The number of rotatable bonds is 7. The second-order valence-corrected chi connectivity index (χ2v) is 7.56. The van der Waals surface area contributed by atoms with Crippen molar-refractivity contribution in [2.45, 2.75) is 46.7 Å². The average Bonchev–Trinajstić information content (AvgIpc) is 2.88. The Morgan fingerprint density at radius 1 is 1.23 bits per heavy atom. The zero-order valence-electron chi connectivity index (χ0n) is 16.1. The number of hydrogen-bond acceptors (Lipinski definition) is 3. The van der Waals surface area contributed by atoms with Crippen LogP contribution in [0.25, 0.3) is 0 Å². The molecule has 5 nitrogen and oxygen atoms in total. The molecular formula is C20H26BrN2O3+. The Morgan fingerprint density at radius 3 is 2.38 bits per heavy atom. The van der Waals surface area contributed by atoms with Crippen molar-refractivity contribution in [1.29, 1.82) is 0 Å². The summed E-state index contributed by atoms with van der Waals surface area (Å²) < 4.78 is 6.15. The fourth-order valence-electron chi connectivity index (χ4n) is 3.35. The molecule has 140 valence electrons. The van der Waals surface area contributed by atoms with E-state index in [0.29, 0.717) is 11.3 Å². The maximum Gasteiger partial charge on any atom is 0.235 e. The van der Waals surface area contributed by atoms with Crippen LogP contribution < -0.4 is 10.1 Å². The van der Waals surface area contributed by atoms with E-state index in [0.717, 1.165) is 27.0 Å². The predicted molar refractivity (Wildman–Crippen MR) is 105 cm³/mol. The Hall–Kier alpha value is -1.92. The van der Waals surface area contributed by atoms with Gasteiger partial charge in [0.15, 0.2) is 5.78 Å². The van der Waals surface area contributed by atoms with Gasteiger partial charge in [-0.25, -0.2) is 0 Å². The molecule has 0 saturated carbocycles. The smallest absolute Gasteiger partial charge is 0.235 e. The highest BCUT2D eigenvalue weighted by molar-refractivity contribution is 9.10. The van der Waals surface area contributed by atoms with Gasteiger partial charge in [0.25, 0.3) is 0 Å². The molecule has 0 aliphatic carbocycles. The van der Waals surface area contributed by atoms with Crippen LogP contribution in [0, 0.1) is 13.8 Å². The van der Waals surface area contributed by atoms with E-state index < -0.39 is 0 Å². The van der Waals surface area contributed by atoms with Crippen LogP contribution in [0.2, 0.25) is 0 Å². The van der Waals surface area contributed by atoms with E-state index in [1.54, 1.807) is 7.11 Å². The second-order valence-electron chi connectivity index (χ2n) is 6.71. The Balaban J connectivity index is 2.18. The lowest BCUT2D eigenvalue weighted by Gasteiger charge is -2.17. The Bertz CT molecular complexity index is 842. The van der Waals surface area contributed by atoms with Crippen molar-refractivity contribution in [2.75, 3.05) is 7.11 Å². The van der Waals surface area contributed by atoms with Crippen molar-refractivity contribution in [3.8, 4) is 5.75 Å². The third-order valence-corrected chi connectivity index (χ3v) is 5.35. The summed E-state index contributed by atoms with van der Waals surface area (Å²) >= 11 is 3.50. The molecule has 26 heavy (non-hydrogen) atoms. The number of aromatic amines is 1. The normalized spacial score (nSPS) is 13.3. The first-order chi connectivity index (χ1) is 12.2. The van der Waals surface area contributed by atoms with Crippen LogP contribution in [0.3, 0.4) is 0 Å². The van der Waals surface area contributed by atoms with E-state index in [2.05, 4.69) is 27.8 Å². The van der Waals surface area contributed by atoms with Gasteiger partial charge in [-0.05, 0) is 74.3 Å². The molecule has 0 saturated heterocycles. The van der Waals surface area contributed by atoms with Crippen molar-refractivity contribution in [1.82, 2.24) is 4.98 Å².